The molecule has 2 aromatic rings. The number of carbonyl (C=O) groups excluding carboxylic acids is 1. The molecule has 0 saturated carbocycles. The molecule has 1 atom stereocenters. The van der Waals surface area contributed by atoms with Crippen LogP contribution in [0.1, 0.15) is 38.2 Å². The van der Waals surface area contributed by atoms with Gasteiger partial charge >= 0.3 is 6.09 Å². The summed E-state index contributed by atoms with van der Waals surface area (Å²) < 4.78 is 12.9. The molecular weight excluding hydrogens is 320 g/mol. The molecule has 134 valence electrons. The molecule has 25 heavy (non-hydrogen) atoms. The van der Waals surface area contributed by atoms with Gasteiger partial charge in [-0.25, -0.2) is 14.5 Å². The Kier molecular flexibility index (Phi) is 5.03. The first-order valence-electron chi connectivity index (χ1n) is 8.43. The SMILES string of the molecule is CC(C)(C)OC(=O)N1CCOCC1c1ncnn1Cc1ccccc1. The van der Waals surface area contributed by atoms with Gasteiger partial charge in [-0.2, -0.15) is 5.10 Å². The van der Waals surface area contributed by atoms with Gasteiger partial charge in [0.1, 0.15) is 18.0 Å². The minimum atomic E-state index is -0.544. The fourth-order valence-corrected chi connectivity index (χ4v) is 2.77. The summed E-state index contributed by atoms with van der Waals surface area (Å²) in [5.41, 5.74) is 0.576. The van der Waals surface area contributed by atoms with E-state index in [9.17, 15) is 4.79 Å². The van der Waals surface area contributed by atoms with Gasteiger partial charge in [-0.1, -0.05) is 30.3 Å². The molecule has 1 saturated heterocycles. The van der Waals surface area contributed by atoms with Gasteiger partial charge in [0.05, 0.1) is 19.8 Å². The Morgan fingerprint density at radius 2 is 2.08 bits per heavy atom. The molecule has 3 rings (SSSR count). The van der Waals surface area contributed by atoms with Gasteiger partial charge in [0.15, 0.2) is 5.82 Å². The number of hydrogen-bond acceptors (Lipinski definition) is 5. The first kappa shape index (κ1) is 17.4. The quantitative estimate of drug-likeness (QED) is 0.856. The van der Waals surface area contributed by atoms with Crippen LogP contribution in [0, 0.1) is 0 Å². The van der Waals surface area contributed by atoms with E-state index in [1.54, 1.807) is 4.90 Å². The van der Waals surface area contributed by atoms with Crippen molar-refractivity contribution in [3.8, 4) is 0 Å². The molecule has 1 aromatic heterocycles. The fraction of sp³-hybridized carbons (Fsp3) is 0.500. The van der Waals surface area contributed by atoms with Crippen LogP contribution < -0.4 is 0 Å². The molecule has 7 nitrogen and oxygen atoms in total. The highest BCUT2D eigenvalue weighted by atomic mass is 16.6. The van der Waals surface area contributed by atoms with E-state index in [0.29, 0.717) is 32.1 Å². The van der Waals surface area contributed by atoms with E-state index in [1.165, 1.54) is 6.33 Å². The maximum atomic E-state index is 12.6. The highest BCUT2D eigenvalue weighted by Crippen LogP contribution is 2.25. The molecule has 0 N–H and O–H groups in total. The van der Waals surface area contributed by atoms with Crippen molar-refractivity contribution in [2.45, 2.75) is 39.0 Å². The van der Waals surface area contributed by atoms with E-state index in [1.807, 2.05) is 55.8 Å². The molecule has 1 aromatic carbocycles. The van der Waals surface area contributed by atoms with Crippen LogP contribution in [0.2, 0.25) is 0 Å². The number of aromatic nitrogens is 3. The van der Waals surface area contributed by atoms with Crippen molar-refractivity contribution in [3.05, 3.63) is 48.0 Å². The third kappa shape index (κ3) is 4.36. The highest BCUT2D eigenvalue weighted by Gasteiger charge is 2.34. The zero-order valence-corrected chi connectivity index (χ0v) is 14.9. The van der Waals surface area contributed by atoms with Crippen LogP contribution in [0.5, 0.6) is 0 Å². The summed E-state index contributed by atoms with van der Waals surface area (Å²) in [6.07, 6.45) is 1.16. The number of morpholine rings is 1. The normalized spacial score (nSPS) is 18.2. The lowest BCUT2D eigenvalue weighted by molar-refractivity contribution is -0.0359. The lowest BCUT2D eigenvalue weighted by atomic mass is 10.2. The van der Waals surface area contributed by atoms with Gasteiger partial charge in [0, 0.05) is 6.54 Å². The topological polar surface area (TPSA) is 69.5 Å². The largest absolute Gasteiger partial charge is 0.444 e. The Labute approximate surface area is 147 Å². The summed E-state index contributed by atoms with van der Waals surface area (Å²) in [5.74, 6) is 0.703. The van der Waals surface area contributed by atoms with Crippen LogP contribution in [0.3, 0.4) is 0 Å². The molecule has 1 amide bonds. The first-order valence-corrected chi connectivity index (χ1v) is 8.43. The molecule has 0 spiro atoms. The molecule has 0 radical (unpaired) electrons. The average molecular weight is 344 g/mol. The lowest BCUT2D eigenvalue weighted by Gasteiger charge is -2.36. The van der Waals surface area contributed by atoms with Crippen LogP contribution in [-0.4, -0.2) is 51.1 Å². The lowest BCUT2D eigenvalue weighted by Crippen LogP contribution is -2.46. The Balaban J connectivity index is 1.81. The number of nitrogens with zero attached hydrogens (tertiary/aromatic N) is 4. The molecule has 1 aliphatic heterocycles. The number of ether oxygens (including phenoxy) is 2. The second kappa shape index (κ2) is 7.23. The molecule has 0 bridgehead atoms. The van der Waals surface area contributed by atoms with E-state index < -0.39 is 5.60 Å². The summed E-state index contributed by atoms with van der Waals surface area (Å²) in [7, 11) is 0. The predicted molar refractivity (Wildman–Crippen MR) is 92.1 cm³/mol. The van der Waals surface area contributed by atoms with E-state index in [-0.39, 0.29) is 12.1 Å². The molecule has 7 heteroatoms. The van der Waals surface area contributed by atoms with Crippen LogP contribution >= 0.6 is 0 Å². The molecule has 0 aliphatic carbocycles. The van der Waals surface area contributed by atoms with E-state index in [2.05, 4.69) is 10.1 Å². The molecule has 1 aliphatic rings. The van der Waals surface area contributed by atoms with Gasteiger partial charge in [0.2, 0.25) is 0 Å². The van der Waals surface area contributed by atoms with Crippen molar-refractivity contribution >= 4 is 6.09 Å². The summed E-state index contributed by atoms with van der Waals surface area (Å²) in [4.78, 5) is 18.6. The smallest absolute Gasteiger partial charge is 0.411 e. The fourth-order valence-electron chi connectivity index (χ4n) is 2.77. The number of hydrogen-bond donors (Lipinski definition) is 0. The summed E-state index contributed by atoms with van der Waals surface area (Å²) in [6, 6.07) is 9.72. The Hall–Kier alpha value is -2.41. The van der Waals surface area contributed by atoms with Gasteiger partial charge in [-0.05, 0) is 26.3 Å². The van der Waals surface area contributed by atoms with Crippen molar-refractivity contribution in [1.29, 1.82) is 0 Å². The predicted octanol–water partition coefficient (Wildman–Crippen LogP) is 2.63. The Morgan fingerprint density at radius 1 is 1.32 bits per heavy atom. The van der Waals surface area contributed by atoms with Gasteiger partial charge in [-0.3, -0.25) is 4.90 Å². The van der Waals surface area contributed by atoms with Crippen LogP contribution in [-0.2, 0) is 16.0 Å². The van der Waals surface area contributed by atoms with Crippen molar-refractivity contribution in [3.63, 3.8) is 0 Å². The summed E-state index contributed by atoms with van der Waals surface area (Å²) >= 11 is 0. The number of rotatable bonds is 3. The van der Waals surface area contributed by atoms with Crippen molar-refractivity contribution in [2.75, 3.05) is 19.8 Å². The summed E-state index contributed by atoms with van der Waals surface area (Å²) in [6.45, 7) is 7.51. The standard InChI is InChI=1S/C18H24N4O3/c1-18(2,3)25-17(23)21-9-10-24-12-15(21)16-19-13-20-22(16)11-14-7-5-4-6-8-14/h4-8,13,15H,9-12H2,1-3H3. The van der Waals surface area contributed by atoms with Gasteiger partial charge < -0.3 is 9.47 Å². The zero-order chi connectivity index (χ0) is 17.9. The minimum Gasteiger partial charge on any atom is -0.444 e. The second-order valence-electron chi connectivity index (χ2n) is 7.03. The monoisotopic (exact) mass is 344 g/mol. The number of amides is 1. The second-order valence-corrected chi connectivity index (χ2v) is 7.03. The van der Waals surface area contributed by atoms with Crippen LogP contribution in [0.15, 0.2) is 36.7 Å². The van der Waals surface area contributed by atoms with Crippen LogP contribution in [0.25, 0.3) is 0 Å². The Morgan fingerprint density at radius 3 is 2.80 bits per heavy atom. The van der Waals surface area contributed by atoms with Crippen molar-refractivity contribution in [2.24, 2.45) is 0 Å². The van der Waals surface area contributed by atoms with Gasteiger partial charge in [0.25, 0.3) is 0 Å². The van der Waals surface area contributed by atoms with Gasteiger partial charge in [-0.15, -0.1) is 0 Å². The van der Waals surface area contributed by atoms with Crippen molar-refractivity contribution in [1.82, 2.24) is 19.7 Å². The van der Waals surface area contributed by atoms with Crippen LogP contribution in [0.4, 0.5) is 4.79 Å². The molecule has 1 fully saturated rings. The Bertz CT molecular complexity index is 709. The average Bonchev–Trinajstić information content (AvgIpc) is 3.02. The van der Waals surface area contributed by atoms with E-state index in [0.717, 1.165) is 5.56 Å². The molecular formula is C18H24N4O3. The third-order valence-corrected chi connectivity index (χ3v) is 3.88. The summed E-state index contributed by atoms with van der Waals surface area (Å²) in [5, 5.41) is 4.33. The first-order chi connectivity index (χ1) is 11.9. The maximum Gasteiger partial charge on any atom is 0.411 e. The zero-order valence-electron chi connectivity index (χ0n) is 14.9. The highest BCUT2D eigenvalue weighted by molar-refractivity contribution is 5.68. The number of benzene rings is 1. The third-order valence-electron chi connectivity index (χ3n) is 3.88. The minimum absolute atomic E-state index is 0.310. The maximum absolute atomic E-state index is 12.6. The van der Waals surface area contributed by atoms with E-state index >= 15 is 0 Å². The van der Waals surface area contributed by atoms with Crippen molar-refractivity contribution < 1.29 is 14.3 Å². The van der Waals surface area contributed by atoms with E-state index in [4.69, 9.17) is 9.47 Å². The number of carbonyl (C=O) groups is 1. The molecule has 1 unspecified atom stereocenters. The molecule has 2 heterocycles.